The topological polar surface area (TPSA) is 56.7 Å². The number of furan rings is 1. The minimum Gasteiger partial charge on any atom is -0.455 e. The Balaban J connectivity index is 1.03. The first kappa shape index (κ1) is 31.9. The number of rotatable bonds is 5. The van der Waals surface area contributed by atoms with Crippen molar-refractivity contribution >= 4 is 75.3 Å². The average molecular weight is 747 g/mol. The van der Waals surface area contributed by atoms with Gasteiger partial charge in [-0.05, 0) is 48.0 Å². The van der Waals surface area contributed by atoms with Crippen molar-refractivity contribution in [2.75, 3.05) is 0 Å². The maximum Gasteiger partial charge on any atom is 0.164 e. The van der Waals surface area contributed by atoms with E-state index in [0.29, 0.717) is 17.5 Å². The first-order chi connectivity index (χ1) is 28.3. The highest BCUT2D eigenvalue weighted by Crippen LogP contribution is 2.46. The van der Waals surface area contributed by atoms with E-state index in [1.807, 2.05) is 84.1 Å². The highest BCUT2D eigenvalue weighted by Gasteiger charge is 2.21. The van der Waals surface area contributed by atoms with Crippen LogP contribution in [0, 0.1) is 0 Å². The van der Waals surface area contributed by atoms with Crippen molar-refractivity contribution in [1.82, 2.24) is 19.5 Å². The van der Waals surface area contributed by atoms with Crippen LogP contribution in [0.1, 0.15) is 0 Å². The van der Waals surface area contributed by atoms with Crippen LogP contribution in [-0.2, 0) is 0 Å². The molecule has 4 aromatic heterocycles. The number of para-hydroxylation sites is 3. The summed E-state index contributed by atoms with van der Waals surface area (Å²) in [6.45, 7) is 0. The number of hydrogen-bond acceptors (Lipinski definition) is 5. The molecule has 0 aliphatic rings. The van der Waals surface area contributed by atoms with E-state index in [4.69, 9.17) is 19.4 Å². The number of benzene rings is 8. The van der Waals surface area contributed by atoms with E-state index in [0.717, 1.165) is 49.8 Å². The Morgan fingerprint density at radius 1 is 0.421 bits per heavy atom. The van der Waals surface area contributed by atoms with Gasteiger partial charge in [0.25, 0.3) is 0 Å². The normalized spacial score (nSPS) is 11.9. The highest BCUT2D eigenvalue weighted by molar-refractivity contribution is 7.26. The first-order valence-corrected chi connectivity index (χ1v) is 19.8. The molecule has 0 bridgehead atoms. The quantitative estimate of drug-likeness (QED) is 0.176. The Morgan fingerprint density at radius 3 is 1.68 bits per heavy atom. The van der Waals surface area contributed by atoms with Gasteiger partial charge < -0.3 is 8.98 Å². The monoisotopic (exact) mass is 746 g/mol. The molecule has 0 radical (unpaired) electrons. The number of aromatic nitrogens is 4. The standard InChI is InChI=1S/C51H30N4OS/c1-3-14-31(15-4-1)49-52-50(32-16-5-2-6-17-32)54-51(53-49)33-28-29-44-40(30-33)38-22-11-21-37(47(38)56-44)36-20-13-27-45-46(36)39-23-12-26-43(48(39)57-45)55-41-24-9-7-18-34(41)35-19-8-10-25-42(35)55/h1-30H. The molecule has 0 fully saturated rings. The summed E-state index contributed by atoms with van der Waals surface area (Å²) in [5.41, 5.74) is 10.3. The molecule has 8 aromatic carbocycles. The van der Waals surface area contributed by atoms with E-state index in [-0.39, 0.29) is 0 Å². The van der Waals surface area contributed by atoms with Gasteiger partial charge in [-0.1, -0.05) is 140 Å². The molecule has 0 saturated heterocycles. The van der Waals surface area contributed by atoms with Crippen LogP contribution >= 0.6 is 11.3 Å². The number of hydrogen-bond donors (Lipinski definition) is 0. The van der Waals surface area contributed by atoms with Crippen LogP contribution in [0.2, 0.25) is 0 Å². The summed E-state index contributed by atoms with van der Waals surface area (Å²) in [4.78, 5) is 14.9. The third-order valence-electron chi connectivity index (χ3n) is 11.1. The maximum atomic E-state index is 6.78. The minimum absolute atomic E-state index is 0.615. The zero-order valence-corrected chi connectivity index (χ0v) is 31.2. The lowest BCUT2D eigenvalue weighted by molar-refractivity contribution is 0.670. The van der Waals surface area contributed by atoms with Crippen LogP contribution in [0.3, 0.4) is 0 Å². The number of fused-ring (bicyclic) bond motifs is 9. The fourth-order valence-corrected chi connectivity index (χ4v) is 9.74. The van der Waals surface area contributed by atoms with E-state index < -0.39 is 0 Å². The molecule has 12 rings (SSSR count). The van der Waals surface area contributed by atoms with Gasteiger partial charge in [-0.15, -0.1) is 11.3 Å². The lowest BCUT2D eigenvalue weighted by Gasteiger charge is -2.10. The van der Waals surface area contributed by atoms with Gasteiger partial charge in [0, 0.05) is 59.3 Å². The average Bonchev–Trinajstić information content (AvgIpc) is 3.96. The molecule has 0 unspecified atom stereocenters. The van der Waals surface area contributed by atoms with Gasteiger partial charge in [-0.3, -0.25) is 0 Å². The Labute approximate surface area is 330 Å². The molecule has 57 heavy (non-hydrogen) atoms. The summed E-state index contributed by atoms with van der Waals surface area (Å²) in [6, 6.07) is 63.7. The summed E-state index contributed by atoms with van der Waals surface area (Å²) in [7, 11) is 0. The second kappa shape index (κ2) is 12.6. The molecular weight excluding hydrogens is 717 g/mol. The van der Waals surface area contributed by atoms with Crippen molar-refractivity contribution in [2.45, 2.75) is 0 Å². The van der Waals surface area contributed by atoms with Crippen LogP contribution in [0.5, 0.6) is 0 Å². The smallest absolute Gasteiger partial charge is 0.164 e. The molecule has 6 heteroatoms. The van der Waals surface area contributed by atoms with Gasteiger partial charge in [0.05, 0.1) is 21.4 Å². The molecule has 0 aliphatic carbocycles. The van der Waals surface area contributed by atoms with Crippen molar-refractivity contribution in [3.05, 3.63) is 182 Å². The Morgan fingerprint density at radius 2 is 0.982 bits per heavy atom. The summed E-state index contributed by atoms with van der Waals surface area (Å²) in [6.07, 6.45) is 0. The Bertz CT molecular complexity index is 3420. The molecular formula is C51H30N4OS. The maximum absolute atomic E-state index is 6.78. The van der Waals surface area contributed by atoms with Gasteiger partial charge >= 0.3 is 0 Å². The van der Waals surface area contributed by atoms with Crippen molar-refractivity contribution in [1.29, 1.82) is 0 Å². The minimum atomic E-state index is 0.615. The molecule has 0 aliphatic heterocycles. The predicted octanol–water partition coefficient (Wildman–Crippen LogP) is 13.9. The third-order valence-corrected chi connectivity index (χ3v) is 12.3. The van der Waals surface area contributed by atoms with E-state index >= 15 is 0 Å². The van der Waals surface area contributed by atoms with E-state index in [9.17, 15) is 0 Å². The molecule has 4 heterocycles. The third kappa shape index (κ3) is 4.98. The highest BCUT2D eigenvalue weighted by atomic mass is 32.1. The van der Waals surface area contributed by atoms with E-state index in [1.165, 1.54) is 47.7 Å². The van der Waals surface area contributed by atoms with Crippen molar-refractivity contribution in [3.63, 3.8) is 0 Å². The zero-order chi connectivity index (χ0) is 37.5. The fourth-order valence-electron chi connectivity index (χ4n) is 8.50. The molecule has 0 N–H and O–H groups in total. The lowest BCUT2D eigenvalue weighted by atomic mass is 9.97. The van der Waals surface area contributed by atoms with Gasteiger partial charge in [0.1, 0.15) is 11.2 Å². The summed E-state index contributed by atoms with van der Waals surface area (Å²) in [5.74, 6) is 1.89. The van der Waals surface area contributed by atoms with E-state index in [2.05, 4.69) is 114 Å². The molecule has 0 amide bonds. The Hall–Kier alpha value is -7.41. The molecule has 0 saturated carbocycles. The summed E-state index contributed by atoms with van der Waals surface area (Å²) < 4.78 is 11.7. The fraction of sp³-hybridized carbons (Fsp3) is 0. The van der Waals surface area contributed by atoms with Gasteiger partial charge in [-0.2, -0.15) is 0 Å². The lowest BCUT2D eigenvalue weighted by Crippen LogP contribution is -2.00. The van der Waals surface area contributed by atoms with Crippen molar-refractivity contribution in [3.8, 4) is 51.0 Å². The van der Waals surface area contributed by atoms with Crippen LogP contribution in [0.4, 0.5) is 0 Å². The second-order valence-corrected chi connectivity index (χ2v) is 15.4. The number of thiophene rings is 1. The molecule has 0 spiro atoms. The van der Waals surface area contributed by atoms with Gasteiger partial charge in [0.15, 0.2) is 17.5 Å². The van der Waals surface area contributed by atoms with Gasteiger partial charge in [-0.25, -0.2) is 15.0 Å². The van der Waals surface area contributed by atoms with Crippen LogP contribution < -0.4 is 0 Å². The predicted molar refractivity (Wildman–Crippen MR) is 236 cm³/mol. The zero-order valence-electron chi connectivity index (χ0n) is 30.4. The first-order valence-electron chi connectivity index (χ1n) is 19.0. The molecule has 0 atom stereocenters. The largest absolute Gasteiger partial charge is 0.455 e. The summed E-state index contributed by atoms with van der Waals surface area (Å²) >= 11 is 1.85. The SMILES string of the molecule is c1ccc(-c2nc(-c3ccccc3)nc(-c3ccc4oc5c(-c6cccc7sc8c(-n9c%10ccccc%10c%10ccccc%109)cccc8c67)cccc5c4c3)n2)cc1. The number of nitrogens with zero attached hydrogens (tertiary/aromatic N) is 4. The second-order valence-electron chi connectivity index (χ2n) is 14.3. The van der Waals surface area contributed by atoms with Crippen LogP contribution in [0.15, 0.2) is 186 Å². The van der Waals surface area contributed by atoms with Gasteiger partial charge in [0.2, 0.25) is 0 Å². The summed E-state index contributed by atoms with van der Waals surface area (Å²) in [5, 5.41) is 7.06. The Kier molecular flexibility index (Phi) is 7.03. The van der Waals surface area contributed by atoms with E-state index in [1.54, 1.807) is 0 Å². The molecule has 266 valence electrons. The molecule has 12 aromatic rings. The van der Waals surface area contributed by atoms with Crippen LogP contribution in [0.25, 0.3) is 115 Å². The van der Waals surface area contributed by atoms with Crippen molar-refractivity contribution < 1.29 is 4.42 Å². The van der Waals surface area contributed by atoms with Crippen LogP contribution in [-0.4, -0.2) is 19.5 Å². The molecule has 5 nitrogen and oxygen atoms in total. The van der Waals surface area contributed by atoms with Crippen molar-refractivity contribution in [2.24, 2.45) is 0 Å².